The van der Waals surface area contributed by atoms with Crippen LogP contribution in [0.25, 0.3) is 0 Å². The first-order valence-corrected chi connectivity index (χ1v) is 11.9. The smallest absolute Gasteiger partial charge is 0.231 e. The lowest BCUT2D eigenvalue weighted by molar-refractivity contribution is -0.120. The van der Waals surface area contributed by atoms with E-state index in [4.69, 9.17) is 33.9 Å². The maximum Gasteiger partial charge on any atom is 0.231 e. The first-order valence-electron chi connectivity index (χ1n) is 11.2. The molecule has 1 spiro atoms. The highest BCUT2D eigenvalue weighted by atomic mass is 35.5. The molecule has 3 aromatic carbocycles. The van der Waals surface area contributed by atoms with Crippen LogP contribution in [-0.2, 0) is 10.2 Å². The summed E-state index contributed by atoms with van der Waals surface area (Å²) in [5.41, 5.74) is 9.65. The van der Waals surface area contributed by atoms with E-state index in [1.165, 1.54) is 6.07 Å². The first-order chi connectivity index (χ1) is 16.3. The van der Waals surface area contributed by atoms with Crippen LogP contribution in [-0.4, -0.2) is 30.1 Å². The van der Waals surface area contributed by atoms with Crippen molar-refractivity contribution in [3.8, 4) is 0 Å². The molecule has 3 atom stereocenters. The van der Waals surface area contributed by atoms with E-state index in [9.17, 15) is 9.18 Å². The van der Waals surface area contributed by atoms with Gasteiger partial charge in [0, 0.05) is 22.2 Å². The van der Waals surface area contributed by atoms with Crippen molar-refractivity contribution in [3.05, 3.63) is 98.8 Å². The number of benzene rings is 3. The Balaban J connectivity index is 1.80. The van der Waals surface area contributed by atoms with E-state index in [1.54, 1.807) is 6.07 Å². The molecular weight excluding hydrogens is 472 g/mol. The number of piperidine rings is 1. The van der Waals surface area contributed by atoms with Crippen molar-refractivity contribution in [1.29, 1.82) is 0 Å². The van der Waals surface area contributed by atoms with Gasteiger partial charge >= 0.3 is 0 Å². The highest BCUT2D eigenvalue weighted by molar-refractivity contribution is 6.31. The Bertz CT molecular complexity index is 1310. The predicted octanol–water partition coefficient (Wildman–Crippen LogP) is 6.11. The number of aryl methyl sites for hydroxylation is 1. The maximum atomic E-state index is 14.5. The van der Waals surface area contributed by atoms with Gasteiger partial charge in [0.2, 0.25) is 5.91 Å². The van der Waals surface area contributed by atoms with E-state index >= 15 is 0 Å². The number of hydrogen-bond acceptors (Lipinski definition) is 3. The minimum Gasteiger partial charge on any atom is -0.369 e. The molecule has 34 heavy (non-hydrogen) atoms. The van der Waals surface area contributed by atoms with Crippen molar-refractivity contribution in [2.45, 2.75) is 30.7 Å². The molecule has 1 fully saturated rings. The van der Waals surface area contributed by atoms with Gasteiger partial charge in [0.25, 0.3) is 0 Å². The second-order valence-electron chi connectivity index (χ2n) is 9.09. The summed E-state index contributed by atoms with van der Waals surface area (Å²) in [5.74, 6) is -0.780. The summed E-state index contributed by atoms with van der Waals surface area (Å²) in [6.45, 7) is 2.70. The van der Waals surface area contributed by atoms with Crippen LogP contribution in [0.3, 0.4) is 0 Å². The van der Waals surface area contributed by atoms with Crippen molar-refractivity contribution >= 4 is 41.0 Å². The predicted molar refractivity (Wildman–Crippen MR) is 135 cm³/mol. The van der Waals surface area contributed by atoms with Crippen LogP contribution in [0.4, 0.5) is 10.1 Å². The van der Waals surface area contributed by atoms with Crippen LogP contribution in [0.1, 0.15) is 40.6 Å². The molecule has 0 aliphatic carbocycles. The third kappa shape index (κ3) is 3.82. The van der Waals surface area contributed by atoms with Crippen LogP contribution in [0.15, 0.2) is 65.7 Å². The third-order valence-electron chi connectivity index (χ3n) is 7.08. The van der Waals surface area contributed by atoms with E-state index in [0.29, 0.717) is 23.0 Å². The third-order valence-corrected chi connectivity index (χ3v) is 7.55. The number of likely N-dealkylation sites (tertiary alicyclic amines) is 1. The maximum absolute atomic E-state index is 14.5. The number of nitrogens with two attached hydrogens (primary N) is 1. The minimum absolute atomic E-state index is 0.0878. The molecule has 2 N–H and O–H groups in total. The number of fused-ring (bicyclic) bond motifs is 2. The Kier molecular flexibility index (Phi) is 5.96. The summed E-state index contributed by atoms with van der Waals surface area (Å²) >= 11 is 12.7. The molecule has 174 valence electrons. The second-order valence-corrected chi connectivity index (χ2v) is 9.96. The summed E-state index contributed by atoms with van der Waals surface area (Å²) in [5, 5.41) is 1.19. The van der Waals surface area contributed by atoms with Gasteiger partial charge in [-0.15, -0.1) is 0 Å². The lowest BCUT2D eigenvalue weighted by Crippen LogP contribution is -2.55. The van der Waals surface area contributed by atoms with Gasteiger partial charge in [-0.1, -0.05) is 47.5 Å². The Labute approximate surface area is 208 Å². The SMILES string of the molecule is Cc1ccc(F)cc1[C@H]1CCN(CC(N)=O)[C@@H](c2cccc(Cl)c2)[C@]12C=Nc1cc(Cl)ccc12. The molecule has 0 radical (unpaired) electrons. The molecule has 5 rings (SSSR count). The summed E-state index contributed by atoms with van der Waals surface area (Å²) in [6, 6.07) is 18.0. The van der Waals surface area contributed by atoms with Crippen molar-refractivity contribution in [2.75, 3.05) is 13.1 Å². The molecular formula is C27H24Cl2FN3O. The van der Waals surface area contributed by atoms with Crippen LogP contribution in [0.5, 0.6) is 0 Å². The second kappa shape index (κ2) is 8.81. The zero-order valence-electron chi connectivity index (χ0n) is 18.6. The van der Waals surface area contributed by atoms with Crippen molar-refractivity contribution in [2.24, 2.45) is 10.7 Å². The van der Waals surface area contributed by atoms with E-state index in [1.807, 2.05) is 61.7 Å². The summed E-state index contributed by atoms with van der Waals surface area (Å²) in [4.78, 5) is 19.0. The summed E-state index contributed by atoms with van der Waals surface area (Å²) in [6.07, 6.45) is 2.66. The standard InChI is InChI=1S/C27H24Cl2FN3O/c1-16-5-7-20(30)13-21(16)22-9-10-33(14-25(31)34)26(17-3-2-4-18(28)11-17)27(22)15-32-24-12-19(29)6-8-23(24)27/h2-8,11-13,15,22,26H,9-10,14H2,1H3,(H2,31,34)/t22-,26+,27-/m1/s1. The Morgan fingerprint density at radius 3 is 2.71 bits per heavy atom. The molecule has 1 saturated heterocycles. The summed E-state index contributed by atoms with van der Waals surface area (Å²) in [7, 11) is 0. The fourth-order valence-corrected chi connectivity index (χ4v) is 6.17. The zero-order valence-corrected chi connectivity index (χ0v) is 20.2. The largest absolute Gasteiger partial charge is 0.369 e. The highest BCUT2D eigenvalue weighted by Gasteiger charge is 2.55. The highest BCUT2D eigenvalue weighted by Crippen LogP contribution is 2.59. The van der Waals surface area contributed by atoms with Gasteiger partial charge in [0.05, 0.1) is 23.7 Å². The number of nitrogens with zero attached hydrogens (tertiary/aromatic N) is 2. The van der Waals surface area contributed by atoms with Gasteiger partial charge in [0.1, 0.15) is 5.82 Å². The van der Waals surface area contributed by atoms with Gasteiger partial charge in [-0.2, -0.15) is 0 Å². The molecule has 3 aromatic rings. The summed E-state index contributed by atoms with van der Waals surface area (Å²) < 4.78 is 14.5. The lowest BCUT2D eigenvalue weighted by Gasteiger charge is -2.52. The van der Waals surface area contributed by atoms with Crippen LogP contribution in [0.2, 0.25) is 10.0 Å². The van der Waals surface area contributed by atoms with E-state index in [0.717, 1.165) is 27.9 Å². The number of primary amides is 1. The minimum atomic E-state index is -0.684. The molecule has 0 aromatic heterocycles. The Morgan fingerprint density at radius 2 is 1.94 bits per heavy atom. The molecule has 0 unspecified atom stereocenters. The monoisotopic (exact) mass is 495 g/mol. The van der Waals surface area contributed by atoms with Gasteiger partial charge in [-0.25, -0.2) is 4.39 Å². The molecule has 4 nitrogen and oxygen atoms in total. The van der Waals surface area contributed by atoms with E-state index in [-0.39, 0.29) is 24.3 Å². The van der Waals surface area contributed by atoms with Crippen molar-refractivity contribution in [3.63, 3.8) is 0 Å². The topological polar surface area (TPSA) is 58.7 Å². The Morgan fingerprint density at radius 1 is 1.15 bits per heavy atom. The number of hydrogen-bond donors (Lipinski definition) is 1. The van der Waals surface area contributed by atoms with Gasteiger partial charge in [-0.3, -0.25) is 14.7 Å². The first kappa shape index (κ1) is 23.0. The number of amides is 1. The van der Waals surface area contributed by atoms with E-state index < -0.39 is 11.3 Å². The van der Waals surface area contributed by atoms with Crippen molar-refractivity contribution in [1.82, 2.24) is 4.90 Å². The zero-order chi connectivity index (χ0) is 24.0. The number of aliphatic imine (C=N–C) groups is 1. The van der Waals surface area contributed by atoms with Gasteiger partial charge in [-0.05, 0) is 78.5 Å². The van der Waals surface area contributed by atoms with E-state index in [2.05, 4.69) is 4.90 Å². The normalized spacial score (nSPS) is 23.9. The average molecular weight is 496 g/mol. The molecule has 0 bridgehead atoms. The number of halogens is 3. The van der Waals surface area contributed by atoms with Crippen molar-refractivity contribution < 1.29 is 9.18 Å². The number of carbonyl (C=O) groups is 1. The fourth-order valence-electron chi connectivity index (χ4n) is 5.81. The quantitative estimate of drug-likeness (QED) is 0.474. The molecule has 2 heterocycles. The molecule has 7 heteroatoms. The number of carbonyl (C=O) groups excluding carboxylic acids is 1. The van der Waals surface area contributed by atoms with Gasteiger partial charge < -0.3 is 5.73 Å². The molecule has 0 saturated carbocycles. The van der Waals surface area contributed by atoms with Gasteiger partial charge in [0.15, 0.2) is 0 Å². The molecule has 2 aliphatic rings. The van der Waals surface area contributed by atoms with Crippen LogP contribution in [0, 0.1) is 12.7 Å². The molecule has 2 aliphatic heterocycles. The number of rotatable bonds is 4. The van der Waals surface area contributed by atoms with Crippen LogP contribution >= 0.6 is 23.2 Å². The average Bonchev–Trinajstić information content (AvgIpc) is 3.14. The lowest BCUT2D eigenvalue weighted by atomic mass is 9.59. The molecule has 1 amide bonds. The Hall–Kier alpha value is -2.73. The fraction of sp³-hybridized carbons (Fsp3) is 0.259. The van der Waals surface area contributed by atoms with Crippen LogP contribution < -0.4 is 5.73 Å².